The lowest BCUT2D eigenvalue weighted by Crippen LogP contribution is -2.30. The summed E-state index contributed by atoms with van der Waals surface area (Å²) in [6.07, 6.45) is 3.25. The average Bonchev–Trinajstić information content (AvgIpc) is 2.45. The number of benzene rings is 1. The van der Waals surface area contributed by atoms with Crippen LogP contribution >= 0.6 is 11.6 Å². The number of amides is 1. The van der Waals surface area contributed by atoms with Gasteiger partial charge in [-0.15, -0.1) is 10.2 Å². The van der Waals surface area contributed by atoms with Gasteiger partial charge in [-0.1, -0.05) is 11.6 Å². The summed E-state index contributed by atoms with van der Waals surface area (Å²) in [4.78, 5) is 15.7. The van der Waals surface area contributed by atoms with Crippen LogP contribution in [-0.4, -0.2) is 27.1 Å². The van der Waals surface area contributed by atoms with E-state index in [1.54, 1.807) is 24.3 Å². The molecule has 0 spiro atoms. The normalized spacial score (nSPS) is 14.2. The van der Waals surface area contributed by atoms with Crippen LogP contribution in [0.2, 0.25) is 5.02 Å². The van der Waals surface area contributed by atoms with Gasteiger partial charge in [0.1, 0.15) is 0 Å². The molecule has 1 aliphatic rings. The van der Waals surface area contributed by atoms with Crippen molar-refractivity contribution in [2.24, 2.45) is 5.73 Å². The first-order valence-corrected chi connectivity index (χ1v) is 7.33. The highest BCUT2D eigenvalue weighted by Crippen LogP contribution is 2.24. The second-order valence-electron chi connectivity index (χ2n) is 5.10. The Morgan fingerprint density at radius 2 is 1.95 bits per heavy atom. The third-order valence-electron chi connectivity index (χ3n) is 3.47. The average molecular weight is 319 g/mol. The van der Waals surface area contributed by atoms with E-state index in [0.717, 1.165) is 24.9 Å². The molecule has 1 aromatic heterocycles. The van der Waals surface area contributed by atoms with Gasteiger partial charge in [0.05, 0.1) is 0 Å². The number of nitrogens with one attached hydrogen (secondary N) is 2. The molecular weight excluding hydrogens is 304 g/mol. The van der Waals surface area contributed by atoms with Crippen molar-refractivity contribution in [2.45, 2.75) is 25.3 Å². The molecule has 8 heteroatoms. The quantitative estimate of drug-likeness (QED) is 0.781. The Morgan fingerprint density at radius 1 is 1.23 bits per heavy atom. The predicted octanol–water partition coefficient (Wildman–Crippen LogP) is 2.33. The maximum absolute atomic E-state index is 11.4. The molecule has 2 aromatic rings. The van der Waals surface area contributed by atoms with E-state index >= 15 is 0 Å². The van der Waals surface area contributed by atoms with Gasteiger partial charge in [-0.3, -0.25) is 4.79 Å². The highest BCUT2D eigenvalue weighted by atomic mass is 35.5. The molecule has 0 radical (unpaired) electrons. The minimum absolute atomic E-state index is 0.0496. The van der Waals surface area contributed by atoms with Crippen molar-refractivity contribution in [3.63, 3.8) is 0 Å². The molecule has 3 rings (SSSR count). The Balaban J connectivity index is 1.83. The molecule has 1 aromatic carbocycles. The van der Waals surface area contributed by atoms with Crippen LogP contribution in [0.15, 0.2) is 24.3 Å². The molecule has 1 heterocycles. The Morgan fingerprint density at radius 3 is 2.55 bits per heavy atom. The van der Waals surface area contributed by atoms with E-state index < -0.39 is 5.91 Å². The first-order valence-electron chi connectivity index (χ1n) is 6.95. The molecular formula is C14H15ClN6O. The first kappa shape index (κ1) is 14.5. The lowest BCUT2D eigenvalue weighted by Gasteiger charge is -2.27. The van der Waals surface area contributed by atoms with Crippen LogP contribution in [0.25, 0.3) is 0 Å². The molecule has 0 atom stereocenters. The van der Waals surface area contributed by atoms with E-state index in [1.807, 2.05) is 0 Å². The van der Waals surface area contributed by atoms with Crippen molar-refractivity contribution in [3.05, 3.63) is 35.0 Å². The number of hydrogen-bond acceptors (Lipinski definition) is 6. The van der Waals surface area contributed by atoms with Gasteiger partial charge in [-0.05, 0) is 43.5 Å². The SMILES string of the molecule is NC(=O)c1nnc(Nc2ccc(Cl)cc2)nc1NC1CCC1. The van der Waals surface area contributed by atoms with Crippen LogP contribution in [0.4, 0.5) is 17.5 Å². The van der Waals surface area contributed by atoms with Crippen LogP contribution in [0, 0.1) is 0 Å². The molecule has 0 aliphatic heterocycles. The van der Waals surface area contributed by atoms with E-state index in [4.69, 9.17) is 17.3 Å². The van der Waals surface area contributed by atoms with Gasteiger partial charge in [0.2, 0.25) is 5.95 Å². The number of nitrogens with zero attached hydrogens (tertiary/aromatic N) is 3. The Labute approximate surface area is 132 Å². The highest BCUT2D eigenvalue weighted by molar-refractivity contribution is 6.30. The fraction of sp³-hybridized carbons (Fsp3) is 0.286. The summed E-state index contributed by atoms with van der Waals surface area (Å²) in [6.45, 7) is 0. The summed E-state index contributed by atoms with van der Waals surface area (Å²) >= 11 is 5.84. The van der Waals surface area contributed by atoms with Crippen molar-refractivity contribution >= 4 is 35.0 Å². The summed E-state index contributed by atoms with van der Waals surface area (Å²) in [5, 5.41) is 14.6. The smallest absolute Gasteiger partial charge is 0.273 e. The van der Waals surface area contributed by atoms with Gasteiger partial charge >= 0.3 is 0 Å². The maximum Gasteiger partial charge on any atom is 0.273 e. The van der Waals surface area contributed by atoms with Crippen LogP contribution in [0.5, 0.6) is 0 Å². The van der Waals surface area contributed by atoms with Crippen molar-refractivity contribution in [3.8, 4) is 0 Å². The predicted molar refractivity (Wildman–Crippen MR) is 84.3 cm³/mol. The summed E-state index contributed by atoms with van der Waals surface area (Å²) in [6, 6.07) is 7.41. The van der Waals surface area contributed by atoms with Gasteiger partial charge in [0.15, 0.2) is 11.5 Å². The van der Waals surface area contributed by atoms with E-state index in [1.165, 1.54) is 0 Å². The second kappa shape index (κ2) is 6.15. The second-order valence-corrected chi connectivity index (χ2v) is 5.54. The number of rotatable bonds is 5. The zero-order chi connectivity index (χ0) is 15.5. The van der Waals surface area contributed by atoms with E-state index in [9.17, 15) is 4.79 Å². The van der Waals surface area contributed by atoms with Gasteiger partial charge in [-0.25, -0.2) is 0 Å². The fourth-order valence-electron chi connectivity index (χ4n) is 2.05. The number of carbonyl (C=O) groups excluding carboxylic acids is 1. The summed E-state index contributed by atoms with van der Waals surface area (Å²) in [5.74, 6) is -0.00215. The molecule has 22 heavy (non-hydrogen) atoms. The number of anilines is 3. The standard InChI is InChI=1S/C14H15ClN6O/c15-8-4-6-10(7-5-8)18-14-19-13(17-9-2-1-3-9)11(12(16)22)20-21-14/h4-7,9H,1-3H2,(H2,16,22)(H2,17,18,19,21). The van der Waals surface area contributed by atoms with Crippen molar-refractivity contribution in [1.82, 2.24) is 15.2 Å². The van der Waals surface area contributed by atoms with Crippen LogP contribution in [-0.2, 0) is 0 Å². The molecule has 0 unspecified atom stereocenters. The summed E-state index contributed by atoms with van der Waals surface area (Å²) < 4.78 is 0. The number of nitrogens with two attached hydrogens (primary N) is 1. The third kappa shape index (κ3) is 3.25. The number of carbonyl (C=O) groups is 1. The molecule has 1 fully saturated rings. The fourth-order valence-corrected chi connectivity index (χ4v) is 2.18. The van der Waals surface area contributed by atoms with E-state index in [2.05, 4.69) is 25.8 Å². The monoisotopic (exact) mass is 318 g/mol. The number of primary amides is 1. The van der Waals surface area contributed by atoms with E-state index in [-0.39, 0.29) is 11.6 Å². The van der Waals surface area contributed by atoms with Crippen LogP contribution in [0.3, 0.4) is 0 Å². The largest absolute Gasteiger partial charge is 0.365 e. The van der Waals surface area contributed by atoms with Crippen molar-refractivity contribution in [2.75, 3.05) is 10.6 Å². The minimum atomic E-state index is -0.653. The summed E-state index contributed by atoms with van der Waals surface area (Å²) in [7, 11) is 0. The molecule has 7 nitrogen and oxygen atoms in total. The van der Waals surface area contributed by atoms with Crippen molar-refractivity contribution < 1.29 is 4.79 Å². The molecule has 1 aliphatic carbocycles. The number of hydrogen-bond donors (Lipinski definition) is 3. The number of aromatic nitrogens is 3. The maximum atomic E-state index is 11.4. The first-order chi connectivity index (χ1) is 10.6. The van der Waals surface area contributed by atoms with Crippen LogP contribution in [0.1, 0.15) is 29.8 Å². The van der Waals surface area contributed by atoms with Crippen LogP contribution < -0.4 is 16.4 Å². The third-order valence-corrected chi connectivity index (χ3v) is 3.72. The Hall–Kier alpha value is -2.41. The van der Waals surface area contributed by atoms with E-state index in [0.29, 0.717) is 16.9 Å². The zero-order valence-electron chi connectivity index (χ0n) is 11.7. The zero-order valence-corrected chi connectivity index (χ0v) is 12.5. The molecule has 0 bridgehead atoms. The Bertz CT molecular complexity index is 686. The van der Waals surface area contributed by atoms with Gasteiger partial charge < -0.3 is 16.4 Å². The van der Waals surface area contributed by atoms with Gasteiger partial charge in [0.25, 0.3) is 5.91 Å². The van der Waals surface area contributed by atoms with Gasteiger partial charge in [0, 0.05) is 16.8 Å². The van der Waals surface area contributed by atoms with Gasteiger partial charge in [-0.2, -0.15) is 4.98 Å². The summed E-state index contributed by atoms with van der Waals surface area (Å²) in [5.41, 5.74) is 6.13. The molecule has 4 N–H and O–H groups in total. The lowest BCUT2D eigenvalue weighted by molar-refractivity contribution is 0.0995. The number of halogens is 1. The molecule has 1 amide bonds. The Kier molecular flexibility index (Phi) is 4.06. The van der Waals surface area contributed by atoms with Crippen molar-refractivity contribution in [1.29, 1.82) is 0 Å². The minimum Gasteiger partial charge on any atom is -0.365 e. The topological polar surface area (TPSA) is 106 Å². The molecule has 114 valence electrons. The highest BCUT2D eigenvalue weighted by Gasteiger charge is 2.22. The lowest BCUT2D eigenvalue weighted by atomic mass is 9.93. The molecule has 0 saturated heterocycles. The molecule has 1 saturated carbocycles.